The number of nitrogens with zero attached hydrogens (tertiary/aromatic N) is 1. The van der Waals surface area contributed by atoms with Gasteiger partial charge in [-0.25, -0.2) is 0 Å². The molecule has 2 aromatic rings. The number of aliphatic hydroxyl groups is 1. The van der Waals surface area contributed by atoms with Crippen LogP contribution in [0.15, 0.2) is 53.7 Å². The quantitative estimate of drug-likeness (QED) is 0.650. The Hall–Kier alpha value is -0.670. The molecule has 1 heterocycles. The van der Waals surface area contributed by atoms with Crippen molar-refractivity contribution in [2.24, 2.45) is 5.16 Å². The summed E-state index contributed by atoms with van der Waals surface area (Å²) in [6.07, 6.45) is 1.67. The Balaban J connectivity index is 2.10. The molecule has 2 aromatic carbocycles. The number of hydrogen-bond donors (Lipinski definition) is 1. The van der Waals surface area contributed by atoms with Crippen LogP contribution in [0.25, 0.3) is 0 Å². The standard InChI is InChI=1S/C15H11I2NO2/c16-13-7-3-1-5-10(13)12-9-18-20-15(12,19)11-6-2-4-8-14(11)17/h1-9,12,19H/t12-,15+/m1/s1. The number of halogens is 2. The molecule has 3 nitrogen and oxygen atoms in total. The lowest BCUT2D eigenvalue weighted by atomic mass is 9.87. The van der Waals surface area contributed by atoms with E-state index in [-0.39, 0.29) is 5.92 Å². The van der Waals surface area contributed by atoms with E-state index < -0.39 is 5.79 Å². The first-order chi connectivity index (χ1) is 9.63. The maximum atomic E-state index is 11.0. The molecule has 2 atom stereocenters. The van der Waals surface area contributed by atoms with Gasteiger partial charge in [-0.1, -0.05) is 41.6 Å². The highest BCUT2D eigenvalue weighted by Gasteiger charge is 2.47. The monoisotopic (exact) mass is 491 g/mol. The molecule has 0 fully saturated rings. The first kappa shape index (κ1) is 14.3. The van der Waals surface area contributed by atoms with Crippen molar-refractivity contribution in [3.05, 3.63) is 66.8 Å². The Bertz CT molecular complexity index is 674. The van der Waals surface area contributed by atoms with Crippen molar-refractivity contribution in [2.75, 3.05) is 0 Å². The third kappa shape index (κ3) is 2.35. The van der Waals surface area contributed by atoms with Crippen molar-refractivity contribution >= 4 is 51.4 Å². The summed E-state index contributed by atoms with van der Waals surface area (Å²) in [5, 5.41) is 14.9. The van der Waals surface area contributed by atoms with E-state index in [0.717, 1.165) is 18.3 Å². The molecule has 1 N–H and O–H groups in total. The van der Waals surface area contributed by atoms with Gasteiger partial charge in [0, 0.05) is 12.7 Å². The van der Waals surface area contributed by atoms with Crippen molar-refractivity contribution in [3.63, 3.8) is 0 Å². The highest BCUT2D eigenvalue weighted by Crippen LogP contribution is 2.43. The van der Waals surface area contributed by atoms with E-state index in [1.807, 2.05) is 48.5 Å². The second-order valence-electron chi connectivity index (χ2n) is 4.52. The minimum Gasteiger partial charge on any atom is -0.354 e. The molecule has 0 unspecified atom stereocenters. The summed E-state index contributed by atoms with van der Waals surface area (Å²) in [5.74, 6) is -1.76. The Morgan fingerprint density at radius 3 is 2.35 bits per heavy atom. The first-order valence-corrected chi connectivity index (χ1v) is 8.22. The average molecular weight is 491 g/mol. The zero-order valence-corrected chi connectivity index (χ0v) is 14.6. The fraction of sp³-hybridized carbons (Fsp3) is 0.133. The van der Waals surface area contributed by atoms with Crippen LogP contribution in [-0.4, -0.2) is 11.3 Å². The fourth-order valence-electron chi connectivity index (χ4n) is 2.32. The van der Waals surface area contributed by atoms with Gasteiger partial charge in [0.25, 0.3) is 5.79 Å². The van der Waals surface area contributed by atoms with Gasteiger partial charge < -0.3 is 9.94 Å². The van der Waals surface area contributed by atoms with Crippen molar-refractivity contribution in [1.29, 1.82) is 0 Å². The highest BCUT2D eigenvalue weighted by molar-refractivity contribution is 14.1. The minimum atomic E-state index is -1.45. The third-order valence-electron chi connectivity index (χ3n) is 3.32. The summed E-state index contributed by atoms with van der Waals surface area (Å²) in [6, 6.07) is 15.6. The molecule has 0 bridgehead atoms. The lowest BCUT2D eigenvalue weighted by Gasteiger charge is -2.28. The smallest absolute Gasteiger partial charge is 0.273 e. The Labute approximate surface area is 144 Å². The topological polar surface area (TPSA) is 41.8 Å². The molecule has 0 amide bonds. The summed E-state index contributed by atoms with van der Waals surface area (Å²) in [5.41, 5.74) is 1.75. The van der Waals surface area contributed by atoms with Crippen molar-refractivity contribution in [2.45, 2.75) is 11.7 Å². The molecule has 102 valence electrons. The van der Waals surface area contributed by atoms with Gasteiger partial charge in [0.2, 0.25) is 0 Å². The van der Waals surface area contributed by atoms with E-state index in [2.05, 4.69) is 50.3 Å². The van der Waals surface area contributed by atoms with Gasteiger partial charge in [0.15, 0.2) is 0 Å². The molecule has 0 radical (unpaired) electrons. The molecule has 5 heteroatoms. The zero-order chi connectivity index (χ0) is 14.2. The SMILES string of the molecule is O[C@@]1(c2ccccc2I)ON=C[C@@H]1c1ccccc1I. The van der Waals surface area contributed by atoms with Crippen LogP contribution in [0.2, 0.25) is 0 Å². The van der Waals surface area contributed by atoms with Gasteiger partial charge in [-0.2, -0.15) is 0 Å². The van der Waals surface area contributed by atoms with Gasteiger partial charge in [0.1, 0.15) is 0 Å². The summed E-state index contributed by atoms with van der Waals surface area (Å²) >= 11 is 4.47. The van der Waals surface area contributed by atoms with E-state index in [1.54, 1.807) is 6.21 Å². The van der Waals surface area contributed by atoms with Crippen LogP contribution in [0.5, 0.6) is 0 Å². The van der Waals surface area contributed by atoms with Gasteiger partial charge in [-0.3, -0.25) is 0 Å². The molecule has 3 rings (SSSR count). The second-order valence-corrected chi connectivity index (χ2v) is 6.85. The van der Waals surface area contributed by atoms with Crippen molar-refractivity contribution in [3.8, 4) is 0 Å². The fourth-order valence-corrected chi connectivity index (χ4v) is 3.81. The van der Waals surface area contributed by atoms with Crippen LogP contribution in [0, 0.1) is 7.14 Å². The summed E-state index contributed by atoms with van der Waals surface area (Å²) in [7, 11) is 0. The second kappa shape index (κ2) is 5.61. The van der Waals surface area contributed by atoms with Crippen LogP contribution in [-0.2, 0) is 10.6 Å². The Morgan fingerprint density at radius 1 is 1.00 bits per heavy atom. The molecule has 0 saturated carbocycles. The summed E-state index contributed by atoms with van der Waals surface area (Å²) < 4.78 is 2.03. The molecule has 1 aliphatic heterocycles. The Kier molecular flexibility index (Phi) is 4.00. The maximum absolute atomic E-state index is 11.0. The number of rotatable bonds is 2. The highest BCUT2D eigenvalue weighted by atomic mass is 127. The molecule has 0 spiro atoms. The van der Waals surface area contributed by atoms with E-state index in [4.69, 9.17) is 4.84 Å². The lowest BCUT2D eigenvalue weighted by molar-refractivity contribution is -0.203. The normalized spacial score (nSPS) is 24.6. The van der Waals surface area contributed by atoms with Gasteiger partial charge in [-0.05, 0) is 62.9 Å². The van der Waals surface area contributed by atoms with Gasteiger partial charge in [0.05, 0.1) is 12.1 Å². The van der Waals surface area contributed by atoms with Crippen LogP contribution in [0.4, 0.5) is 0 Å². The predicted octanol–water partition coefficient (Wildman–Crippen LogP) is 3.84. The van der Waals surface area contributed by atoms with E-state index in [1.165, 1.54) is 0 Å². The summed E-state index contributed by atoms with van der Waals surface area (Å²) in [4.78, 5) is 5.35. The largest absolute Gasteiger partial charge is 0.354 e. The maximum Gasteiger partial charge on any atom is 0.273 e. The van der Waals surface area contributed by atoms with Crippen molar-refractivity contribution < 1.29 is 9.94 Å². The summed E-state index contributed by atoms with van der Waals surface area (Å²) in [6.45, 7) is 0. The van der Waals surface area contributed by atoms with Crippen LogP contribution in [0.3, 0.4) is 0 Å². The van der Waals surface area contributed by atoms with E-state index in [0.29, 0.717) is 0 Å². The zero-order valence-electron chi connectivity index (χ0n) is 10.3. The molecular formula is C15H11I2NO2. The number of benzene rings is 2. The lowest BCUT2D eigenvalue weighted by Crippen LogP contribution is -2.33. The predicted molar refractivity (Wildman–Crippen MR) is 94.5 cm³/mol. The van der Waals surface area contributed by atoms with Gasteiger partial charge in [-0.15, -0.1) is 0 Å². The number of oxime groups is 1. The minimum absolute atomic E-state index is 0.313. The van der Waals surface area contributed by atoms with E-state index >= 15 is 0 Å². The Morgan fingerprint density at radius 2 is 1.65 bits per heavy atom. The average Bonchev–Trinajstić information content (AvgIpc) is 2.83. The molecule has 0 aromatic heterocycles. The van der Waals surface area contributed by atoms with Crippen LogP contribution in [0.1, 0.15) is 17.0 Å². The molecule has 0 aliphatic carbocycles. The molecular weight excluding hydrogens is 480 g/mol. The molecule has 0 saturated heterocycles. The third-order valence-corrected chi connectivity index (χ3v) is 5.25. The molecule has 1 aliphatic rings. The first-order valence-electron chi connectivity index (χ1n) is 6.06. The number of hydrogen-bond acceptors (Lipinski definition) is 3. The van der Waals surface area contributed by atoms with Crippen LogP contribution >= 0.6 is 45.2 Å². The van der Waals surface area contributed by atoms with Crippen LogP contribution < -0.4 is 0 Å². The van der Waals surface area contributed by atoms with E-state index in [9.17, 15) is 5.11 Å². The van der Waals surface area contributed by atoms with Crippen molar-refractivity contribution in [1.82, 2.24) is 0 Å². The van der Waals surface area contributed by atoms with Gasteiger partial charge >= 0.3 is 0 Å². The molecule has 20 heavy (non-hydrogen) atoms.